The van der Waals surface area contributed by atoms with E-state index in [2.05, 4.69) is 37.0 Å². The first kappa shape index (κ1) is 16.9. The molecule has 124 valence electrons. The monoisotopic (exact) mass is 359 g/mol. The number of rotatable bonds is 4. The van der Waals surface area contributed by atoms with Gasteiger partial charge in [-0.1, -0.05) is 29.4 Å². The lowest BCUT2D eigenvalue weighted by Crippen LogP contribution is -2.06. The van der Waals surface area contributed by atoms with Gasteiger partial charge in [-0.25, -0.2) is 4.79 Å². The van der Waals surface area contributed by atoms with Crippen molar-refractivity contribution in [1.82, 2.24) is 4.98 Å². The van der Waals surface area contributed by atoms with Crippen LogP contribution in [0, 0.1) is 13.8 Å². The minimum absolute atomic E-state index is 0.336. The highest BCUT2D eigenvalue weighted by Crippen LogP contribution is 2.38. The number of fused-ring (bicyclic) bond motifs is 1. The zero-order valence-corrected chi connectivity index (χ0v) is 15.3. The number of carbonyl (C=O) groups excluding carboxylic acids is 1. The Morgan fingerprint density at radius 2 is 1.88 bits per heavy atom. The summed E-state index contributed by atoms with van der Waals surface area (Å²) in [6.45, 7) is 6.27. The predicted molar refractivity (Wildman–Crippen MR) is 99.3 cm³/mol. The van der Waals surface area contributed by atoms with E-state index in [0.717, 1.165) is 20.7 Å². The summed E-state index contributed by atoms with van der Waals surface area (Å²) >= 11 is 7.71. The van der Waals surface area contributed by atoms with E-state index in [1.54, 1.807) is 24.8 Å². The van der Waals surface area contributed by atoms with Crippen molar-refractivity contribution < 1.29 is 9.53 Å². The second-order valence-corrected chi connectivity index (χ2v) is 7.19. The molecule has 1 aromatic heterocycles. The largest absolute Gasteiger partial charge is 0.461 e. The van der Waals surface area contributed by atoms with Crippen LogP contribution in [0.4, 0.5) is 0 Å². The van der Waals surface area contributed by atoms with Gasteiger partial charge in [-0.2, -0.15) is 0 Å². The normalized spacial score (nSPS) is 11.0. The fourth-order valence-electron chi connectivity index (χ4n) is 2.70. The maximum Gasteiger partial charge on any atom is 0.355 e. The van der Waals surface area contributed by atoms with E-state index in [1.165, 1.54) is 11.1 Å². The molecule has 0 unspecified atom stereocenters. The van der Waals surface area contributed by atoms with E-state index in [-0.39, 0.29) is 5.97 Å². The average Bonchev–Trinajstić information content (AvgIpc) is 2.85. The van der Waals surface area contributed by atoms with Crippen molar-refractivity contribution in [3.05, 3.63) is 58.2 Å². The molecule has 0 amide bonds. The Hall–Kier alpha value is -1.91. The Morgan fingerprint density at radius 3 is 2.54 bits per heavy atom. The lowest BCUT2D eigenvalue weighted by molar-refractivity contribution is 0.0516. The maximum absolute atomic E-state index is 12.3. The summed E-state index contributed by atoms with van der Waals surface area (Å²) in [6, 6.07) is 11.9. The third-order valence-electron chi connectivity index (χ3n) is 3.61. The molecular formula is C19H18ClNO2S. The number of benzene rings is 2. The van der Waals surface area contributed by atoms with Crippen molar-refractivity contribution in [3.63, 3.8) is 0 Å². The quantitative estimate of drug-likeness (QED) is 0.601. The number of nitrogens with one attached hydrogen (secondary N) is 1. The molecule has 0 fully saturated rings. The van der Waals surface area contributed by atoms with E-state index in [9.17, 15) is 4.79 Å². The number of hydrogen-bond donors (Lipinski definition) is 1. The molecule has 1 N–H and O–H groups in total. The maximum atomic E-state index is 12.3. The van der Waals surface area contributed by atoms with Crippen molar-refractivity contribution in [2.24, 2.45) is 0 Å². The molecule has 0 aliphatic carbocycles. The second-order valence-electron chi connectivity index (χ2n) is 5.66. The van der Waals surface area contributed by atoms with Crippen LogP contribution in [0.15, 0.2) is 46.2 Å². The third kappa shape index (κ3) is 3.45. The van der Waals surface area contributed by atoms with Gasteiger partial charge < -0.3 is 9.72 Å². The summed E-state index contributed by atoms with van der Waals surface area (Å²) < 4.78 is 5.20. The molecule has 5 heteroatoms. The van der Waals surface area contributed by atoms with Gasteiger partial charge in [0.25, 0.3) is 0 Å². The average molecular weight is 360 g/mol. The van der Waals surface area contributed by atoms with E-state index < -0.39 is 0 Å². The van der Waals surface area contributed by atoms with E-state index >= 15 is 0 Å². The van der Waals surface area contributed by atoms with Crippen molar-refractivity contribution in [2.75, 3.05) is 6.61 Å². The molecule has 0 saturated heterocycles. The van der Waals surface area contributed by atoms with Crippen LogP contribution in [0.3, 0.4) is 0 Å². The number of aryl methyl sites for hydroxylation is 2. The van der Waals surface area contributed by atoms with Gasteiger partial charge in [-0.15, -0.1) is 0 Å². The molecule has 0 aliphatic heterocycles. The van der Waals surface area contributed by atoms with Crippen molar-refractivity contribution in [1.29, 1.82) is 0 Å². The molecule has 3 aromatic rings. The molecule has 0 atom stereocenters. The topological polar surface area (TPSA) is 42.1 Å². The number of esters is 1. The van der Waals surface area contributed by atoms with E-state index in [1.807, 2.05) is 12.1 Å². The Morgan fingerprint density at radius 1 is 1.17 bits per heavy atom. The summed E-state index contributed by atoms with van der Waals surface area (Å²) in [5.41, 5.74) is 3.72. The molecular weight excluding hydrogens is 342 g/mol. The van der Waals surface area contributed by atoms with Crippen LogP contribution in [0.2, 0.25) is 5.02 Å². The number of H-pyrrole nitrogens is 1. The van der Waals surface area contributed by atoms with Gasteiger partial charge in [-0.3, -0.25) is 0 Å². The zero-order valence-electron chi connectivity index (χ0n) is 13.8. The smallest absolute Gasteiger partial charge is 0.355 e. The van der Waals surface area contributed by atoms with E-state index in [0.29, 0.717) is 17.3 Å². The predicted octanol–water partition coefficient (Wildman–Crippen LogP) is 5.77. The fourth-order valence-corrected chi connectivity index (χ4v) is 4.11. The van der Waals surface area contributed by atoms with Crippen LogP contribution < -0.4 is 0 Å². The highest BCUT2D eigenvalue weighted by Gasteiger charge is 2.20. The van der Waals surface area contributed by atoms with Crippen LogP contribution in [-0.4, -0.2) is 17.6 Å². The number of carbonyl (C=O) groups is 1. The Kier molecular flexibility index (Phi) is 4.88. The highest BCUT2D eigenvalue weighted by atomic mass is 35.5. The van der Waals surface area contributed by atoms with Gasteiger partial charge in [-0.05, 0) is 62.2 Å². The summed E-state index contributed by atoms with van der Waals surface area (Å²) in [6.07, 6.45) is 0. The van der Waals surface area contributed by atoms with Gasteiger partial charge in [0.1, 0.15) is 5.69 Å². The minimum atomic E-state index is -0.350. The molecule has 0 saturated carbocycles. The van der Waals surface area contributed by atoms with Gasteiger partial charge in [0.2, 0.25) is 0 Å². The number of aromatic amines is 1. The lowest BCUT2D eigenvalue weighted by atomic mass is 10.2. The SMILES string of the molecule is CCOC(=O)c1[nH]c2ccc(Cl)cc2c1Sc1cc(C)cc(C)c1. The first-order valence-electron chi connectivity index (χ1n) is 7.72. The number of hydrogen-bond acceptors (Lipinski definition) is 3. The Labute approximate surface area is 150 Å². The van der Waals surface area contributed by atoms with E-state index in [4.69, 9.17) is 16.3 Å². The Bertz CT molecular complexity index is 897. The molecule has 3 rings (SSSR count). The summed E-state index contributed by atoms with van der Waals surface area (Å²) in [5.74, 6) is -0.350. The first-order valence-corrected chi connectivity index (χ1v) is 8.92. The summed E-state index contributed by atoms with van der Waals surface area (Å²) in [5, 5.41) is 1.56. The van der Waals surface area contributed by atoms with Gasteiger partial charge in [0.05, 0.1) is 11.5 Å². The molecule has 2 aromatic carbocycles. The minimum Gasteiger partial charge on any atom is -0.461 e. The van der Waals surface area contributed by atoms with Gasteiger partial charge in [0.15, 0.2) is 0 Å². The van der Waals surface area contributed by atoms with Gasteiger partial charge >= 0.3 is 5.97 Å². The number of ether oxygens (including phenoxy) is 1. The first-order chi connectivity index (χ1) is 11.5. The van der Waals surface area contributed by atoms with Crippen LogP contribution >= 0.6 is 23.4 Å². The van der Waals surface area contributed by atoms with Crippen molar-refractivity contribution in [3.8, 4) is 0 Å². The standard InChI is InChI=1S/C19H18ClNO2S/c1-4-23-19(22)17-18(15-10-13(20)5-6-16(15)21-17)24-14-8-11(2)7-12(3)9-14/h5-10,21H,4H2,1-3H3. The molecule has 0 aliphatic rings. The fraction of sp³-hybridized carbons (Fsp3) is 0.211. The van der Waals surface area contributed by atoms with Crippen molar-refractivity contribution in [2.45, 2.75) is 30.6 Å². The lowest BCUT2D eigenvalue weighted by Gasteiger charge is -2.07. The van der Waals surface area contributed by atoms with Gasteiger partial charge in [0, 0.05) is 20.8 Å². The molecule has 0 spiro atoms. The van der Waals surface area contributed by atoms with Crippen molar-refractivity contribution >= 4 is 40.2 Å². The molecule has 3 nitrogen and oxygen atoms in total. The Balaban J connectivity index is 2.14. The van der Waals surface area contributed by atoms with Crippen LogP contribution in [0.5, 0.6) is 0 Å². The molecule has 0 radical (unpaired) electrons. The summed E-state index contributed by atoms with van der Waals surface area (Å²) in [4.78, 5) is 17.4. The van der Waals surface area contributed by atoms with Crippen LogP contribution in [0.25, 0.3) is 10.9 Å². The number of halogens is 1. The van der Waals surface area contributed by atoms with Crippen LogP contribution in [0.1, 0.15) is 28.5 Å². The third-order valence-corrected chi connectivity index (χ3v) is 4.94. The highest BCUT2D eigenvalue weighted by molar-refractivity contribution is 7.99. The summed E-state index contributed by atoms with van der Waals surface area (Å²) in [7, 11) is 0. The second kappa shape index (κ2) is 6.91. The zero-order chi connectivity index (χ0) is 17.3. The van der Waals surface area contributed by atoms with Crippen LogP contribution in [-0.2, 0) is 4.74 Å². The molecule has 1 heterocycles. The molecule has 0 bridgehead atoms. The molecule has 24 heavy (non-hydrogen) atoms. The number of aromatic nitrogens is 1.